The Morgan fingerprint density at radius 1 is 0.518 bits per heavy atom. The Morgan fingerprint density at radius 3 is 1.33 bits per heavy atom. The molecule has 33 heteroatoms. The van der Waals surface area contributed by atoms with Gasteiger partial charge >= 0.3 is 25.1 Å². The normalized spacial score (nSPS) is 16.0. The van der Waals surface area contributed by atoms with Crippen LogP contribution in [0.1, 0.15) is 43.2 Å². The maximum Gasteiger partial charge on any atom is 0.573 e. The molecule has 4 aromatic carbocycles. The highest BCUT2D eigenvalue weighted by Crippen LogP contribution is 2.45. The molecule has 10 rings (SSSR count). The van der Waals surface area contributed by atoms with Crippen molar-refractivity contribution in [2.75, 3.05) is 71.9 Å². The average Bonchev–Trinajstić information content (AvgIpc) is 2.51. The summed E-state index contributed by atoms with van der Waals surface area (Å²) in [5.74, 6) is -3.14. The Bertz CT molecular complexity index is 3640. The molecule has 2 fully saturated rings. The highest BCUT2D eigenvalue weighted by molar-refractivity contribution is 7.93. The number of halogens is 12. The van der Waals surface area contributed by atoms with E-state index in [0.717, 1.165) is 69.3 Å². The van der Waals surface area contributed by atoms with Crippen LogP contribution in [0.2, 0.25) is 0 Å². The first kappa shape index (κ1) is 59.5. The second kappa shape index (κ2) is 22.9. The van der Waals surface area contributed by atoms with Crippen LogP contribution in [0.15, 0.2) is 119 Å². The minimum absolute atomic E-state index is 0.0183. The van der Waals surface area contributed by atoms with E-state index >= 15 is 0 Å². The summed E-state index contributed by atoms with van der Waals surface area (Å²) in [6.45, 7) is 1.22. The van der Waals surface area contributed by atoms with Crippen molar-refractivity contribution in [2.45, 2.75) is 48.0 Å². The highest BCUT2D eigenvalue weighted by Gasteiger charge is 2.41. The van der Waals surface area contributed by atoms with Gasteiger partial charge in [-0.1, -0.05) is 24.3 Å². The van der Waals surface area contributed by atoms with Crippen molar-refractivity contribution < 1.29 is 98.1 Å². The Labute approximate surface area is 462 Å². The number of amides is 2. The van der Waals surface area contributed by atoms with E-state index < -0.39 is 103 Å². The standard InChI is InChI=1S/C25H21F6N5O5S.C25H20F6N4O5S/c26-24(27,28)20-9-4-15-14-36(42(38,39)17-7-5-16(6-8-17)41-25(29,30)31)21-18(2-1-3-19(21)32-22(15)33-20)23(37)34-35-10-12-40-13-11-35;26-24(27,28)20-9-4-15-14-35(41(37,38)17-7-5-16(6-8-17)40-25(29,30)31)21-18(23(36)34-10-12-39-13-11-34)2-1-3-19(21)32-22(15)33-20/h1-9H,10-14H2,(H,32,33)(H,34,37);1-9H,10-14H2,(H,32,33). The van der Waals surface area contributed by atoms with Gasteiger partial charge in [-0.2, -0.15) is 26.3 Å². The van der Waals surface area contributed by atoms with Crippen molar-refractivity contribution in [1.82, 2.24) is 25.3 Å². The molecule has 4 aliphatic heterocycles. The molecule has 442 valence electrons. The van der Waals surface area contributed by atoms with Gasteiger partial charge in [0.2, 0.25) is 0 Å². The van der Waals surface area contributed by atoms with Gasteiger partial charge in [-0.25, -0.2) is 31.8 Å². The third-order valence-corrected chi connectivity index (χ3v) is 16.1. The van der Waals surface area contributed by atoms with Crippen LogP contribution >= 0.6 is 0 Å². The molecule has 19 nitrogen and oxygen atoms in total. The topological polar surface area (TPSA) is 214 Å². The van der Waals surface area contributed by atoms with Crippen molar-refractivity contribution in [1.29, 1.82) is 0 Å². The molecule has 0 bridgehead atoms. The maximum absolute atomic E-state index is 14.0. The molecule has 6 aromatic rings. The second-order valence-electron chi connectivity index (χ2n) is 18.1. The fraction of sp³-hybridized carbons (Fsp3) is 0.280. The predicted molar refractivity (Wildman–Crippen MR) is 267 cm³/mol. The van der Waals surface area contributed by atoms with Crippen molar-refractivity contribution >= 4 is 66.2 Å². The van der Waals surface area contributed by atoms with Gasteiger partial charge < -0.3 is 34.5 Å². The lowest BCUT2D eigenvalue weighted by atomic mass is 10.1. The van der Waals surface area contributed by atoms with Crippen LogP contribution in [0.5, 0.6) is 11.5 Å². The summed E-state index contributed by atoms with van der Waals surface area (Å²) in [6.07, 6.45) is -19.6. The summed E-state index contributed by atoms with van der Waals surface area (Å²) < 4.78 is 232. The molecule has 0 atom stereocenters. The van der Waals surface area contributed by atoms with E-state index in [1.807, 2.05) is 0 Å². The van der Waals surface area contributed by atoms with Crippen LogP contribution in [0, 0.1) is 0 Å². The number of morpholine rings is 2. The molecular formula is C50H41F12N9O10S2. The second-order valence-corrected chi connectivity index (χ2v) is 21.8. The molecule has 0 spiro atoms. The number of benzene rings is 4. The minimum Gasteiger partial charge on any atom is -0.406 e. The highest BCUT2D eigenvalue weighted by atomic mass is 32.2. The Morgan fingerprint density at radius 2 is 0.916 bits per heavy atom. The molecule has 0 aliphatic carbocycles. The molecule has 2 aromatic heterocycles. The van der Waals surface area contributed by atoms with E-state index in [1.165, 1.54) is 41.3 Å². The smallest absolute Gasteiger partial charge is 0.406 e. The van der Waals surface area contributed by atoms with Crippen molar-refractivity contribution in [2.24, 2.45) is 0 Å². The lowest BCUT2D eigenvalue weighted by Crippen LogP contribution is -2.48. The van der Waals surface area contributed by atoms with Crippen LogP contribution in [0.25, 0.3) is 0 Å². The minimum atomic E-state index is -5.01. The summed E-state index contributed by atoms with van der Waals surface area (Å²) >= 11 is 0. The van der Waals surface area contributed by atoms with Crippen LogP contribution in [0.3, 0.4) is 0 Å². The first-order valence-electron chi connectivity index (χ1n) is 24.2. The molecule has 2 amide bonds. The van der Waals surface area contributed by atoms with E-state index in [1.54, 1.807) is 5.01 Å². The average molecular weight is 1220 g/mol. The molecule has 0 saturated carbocycles. The number of sulfonamides is 2. The van der Waals surface area contributed by atoms with E-state index in [-0.39, 0.29) is 82.9 Å². The van der Waals surface area contributed by atoms with Crippen LogP contribution in [-0.2, 0) is 55.0 Å². The Hall–Kier alpha value is -8.14. The first-order chi connectivity index (χ1) is 39.0. The number of alkyl halides is 12. The Balaban J connectivity index is 0.000000200. The van der Waals surface area contributed by atoms with E-state index in [2.05, 4.69) is 35.5 Å². The third-order valence-electron chi connectivity index (χ3n) is 12.6. The number of rotatable bonds is 9. The number of hydrogen-bond acceptors (Lipinski definition) is 15. The zero-order chi connectivity index (χ0) is 59.9. The van der Waals surface area contributed by atoms with Gasteiger partial charge in [-0.3, -0.25) is 23.6 Å². The summed E-state index contributed by atoms with van der Waals surface area (Å²) in [5, 5.41) is 7.04. The number of para-hydroxylation sites is 2. The van der Waals surface area contributed by atoms with Crippen LogP contribution < -0.4 is 34.1 Å². The van der Waals surface area contributed by atoms with Gasteiger partial charge in [0, 0.05) is 37.3 Å². The van der Waals surface area contributed by atoms with Crippen molar-refractivity contribution in [3.63, 3.8) is 0 Å². The number of carbonyl (C=O) groups is 2. The number of nitrogens with zero attached hydrogens (tertiary/aromatic N) is 6. The summed E-state index contributed by atoms with van der Waals surface area (Å²) in [6, 6.07) is 18.6. The molecule has 0 unspecified atom stereocenters. The van der Waals surface area contributed by atoms with Crippen molar-refractivity contribution in [3.05, 3.63) is 143 Å². The number of anilines is 6. The number of hydrogen-bond donors (Lipinski definition) is 3. The van der Waals surface area contributed by atoms with E-state index in [0.29, 0.717) is 38.4 Å². The number of nitrogens with one attached hydrogen (secondary N) is 3. The monoisotopic (exact) mass is 1220 g/mol. The molecule has 3 N–H and O–H groups in total. The van der Waals surface area contributed by atoms with Gasteiger partial charge in [-0.15, -0.1) is 26.3 Å². The SMILES string of the molecule is O=C(NN1CCOCC1)c1cccc2c1N(S(=O)(=O)c1ccc(OC(F)(F)F)cc1)Cc1ccc(C(F)(F)F)nc1N2.O=C(c1cccc2c1N(S(=O)(=O)c1ccc(OC(F)(F)F)cc1)Cc1ccc(C(F)(F)F)nc1N2)N1CCOCC1. The number of aromatic nitrogens is 2. The fourth-order valence-corrected chi connectivity index (χ4v) is 11.7. The fourth-order valence-electron chi connectivity index (χ4n) is 8.78. The number of ether oxygens (including phenoxy) is 4. The van der Waals surface area contributed by atoms with Gasteiger partial charge in [0.05, 0.1) is 83.2 Å². The number of carbonyl (C=O) groups excluding carboxylic acids is 2. The van der Waals surface area contributed by atoms with Gasteiger partial charge in [-0.05, 0) is 84.9 Å². The van der Waals surface area contributed by atoms with Crippen molar-refractivity contribution in [3.8, 4) is 11.5 Å². The largest absolute Gasteiger partial charge is 0.573 e. The lowest BCUT2D eigenvalue weighted by molar-refractivity contribution is -0.275. The van der Waals surface area contributed by atoms with Crippen LogP contribution in [-0.4, -0.2) is 114 Å². The molecular weight excluding hydrogens is 1180 g/mol. The number of fused-ring (bicyclic) bond motifs is 4. The van der Waals surface area contributed by atoms with Gasteiger partial charge in [0.25, 0.3) is 31.9 Å². The van der Waals surface area contributed by atoms with Gasteiger partial charge in [0.1, 0.15) is 34.5 Å². The predicted octanol–water partition coefficient (Wildman–Crippen LogP) is 9.35. The zero-order valence-corrected chi connectivity index (χ0v) is 43.7. The molecule has 4 aliphatic rings. The lowest BCUT2D eigenvalue weighted by Gasteiger charge is -2.30. The zero-order valence-electron chi connectivity index (χ0n) is 42.1. The number of pyridine rings is 2. The molecule has 2 saturated heterocycles. The quantitative estimate of drug-likeness (QED) is 0.115. The molecule has 83 heavy (non-hydrogen) atoms. The summed E-state index contributed by atoms with van der Waals surface area (Å²) in [7, 11) is -9.25. The van der Waals surface area contributed by atoms with Gasteiger partial charge in [0.15, 0.2) is 0 Å². The van der Waals surface area contributed by atoms with E-state index in [4.69, 9.17) is 9.47 Å². The summed E-state index contributed by atoms with van der Waals surface area (Å²) in [5.41, 5.74) is -0.317. The third kappa shape index (κ3) is 13.5. The maximum atomic E-state index is 14.0. The number of hydrazine groups is 1. The Kier molecular flexibility index (Phi) is 16.4. The van der Waals surface area contributed by atoms with E-state index in [9.17, 15) is 79.1 Å². The molecule has 0 radical (unpaired) electrons. The van der Waals surface area contributed by atoms with Crippen LogP contribution in [0.4, 0.5) is 87.1 Å². The summed E-state index contributed by atoms with van der Waals surface area (Å²) in [4.78, 5) is 34.8. The molecule has 6 heterocycles. The first-order valence-corrected chi connectivity index (χ1v) is 27.1.